The molecule has 55 heavy (non-hydrogen) atoms. The molecule has 258 valence electrons. The molecule has 1 aliphatic rings. The van der Waals surface area contributed by atoms with Gasteiger partial charge in [-0.25, -0.2) is 0 Å². The number of nitrogens with zero attached hydrogens (tertiary/aromatic N) is 2. The highest BCUT2D eigenvalue weighted by Crippen LogP contribution is 2.53. The van der Waals surface area contributed by atoms with E-state index in [0.717, 1.165) is 60.3 Å². The smallest absolute Gasteiger partial charge is 0.263 e. The van der Waals surface area contributed by atoms with E-state index in [0.29, 0.717) is 0 Å². The average molecular weight is 703 g/mol. The first kappa shape index (κ1) is 30.5. The zero-order chi connectivity index (χ0) is 36.6. The molecule has 0 aliphatic heterocycles. The molecule has 0 bridgehead atoms. The van der Waals surface area contributed by atoms with Gasteiger partial charge in [0.05, 0.1) is 22.1 Å². The number of pyridine rings is 1. The number of para-hydroxylation sites is 2. The summed E-state index contributed by atoms with van der Waals surface area (Å²) >= 11 is 0. The zero-order valence-corrected chi connectivity index (χ0v) is 30.5. The van der Waals surface area contributed by atoms with Crippen LogP contribution in [-0.4, -0.2) is 8.97 Å². The Labute approximate surface area is 317 Å². The van der Waals surface area contributed by atoms with Gasteiger partial charge in [-0.1, -0.05) is 141 Å². The van der Waals surface area contributed by atoms with Crippen molar-refractivity contribution in [1.82, 2.24) is 8.97 Å². The molecule has 0 amide bonds. The van der Waals surface area contributed by atoms with E-state index >= 15 is 0 Å². The number of rotatable bonds is 3. The summed E-state index contributed by atoms with van der Waals surface area (Å²) in [4.78, 5) is 13.8. The predicted octanol–water partition coefficient (Wildman–Crippen LogP) is 12.9. The van der Waals surface area contributed by atoms with E-state index in [4.69, 9.17) is 0 Å². The van der Waals surface area contributed by atoms with Crippen molar-refractivity contribution in [1.29, 1.82) is 0 Å². The van der Waals surface area contributed by atoms with Crippen molar-refractivity contribution in [3.8, 4) is 39.1 Å². The number of hydrogen-bond acceptors (Lipinski definition) is 1. The van der Waals surface area contributed by atoms with Crippen LogP contribution in [0.1, 0.15) is 25.0 Å². The van der Waals surface area contributed by atoms with Crippen LogP contribution in [0.2, 0.25) is 0 Å². The molecule has 3 nitrogen and oxygen atoms in total. The highest BCUT2D eigenvalue weighted by molar-refractivity contribution is 6.21. The van der Waals surface area contributed by atoms with Gasteiger partial charge in [0.25, 0.3) is 5.56 Å². The second-order valence-corrected chi connectivity index (χ2v) is 15.7. The minimum atomic E-state index is -0.0705. The quantitative estimate of drug-likeness (QED) is 0.168. The second kappa shape index (κ2) is 10.8. The maximum absolute atomic E-state index is 13.8. The Balaban J connectivity index is 0.984. The number of benzene rings is 8. The van der Waals surface area contributed by atoms with Gasteiger partial charge in [-0.2, -0.15) is 0 Å². The molecule has 0 atom stereocenters. The molecule has 3 aromatic heterocycles. The van der Waals surface area contributed by atoms with Gasteiger partial charge in [-0.05, 0) is 86.8 Å². The SMILES string of the molecule is CC1(C)c2ccccc2-c2c1ccc1c3ccccc3n(-c3ccc(-c4cccc(-c5ccc6c(c5)c5cccc7c8ccccc8c(=O)n6c75)c4)cc3)c21. The molecule has 12 rings (SSSR count). The first-order valence-corrected chi connectivity index (χ1v) is 19.1. The fraction of sp³-hybridized carbons (Fsp3) is 0.0577. The number of aromatic nitrogens is 2. The van der Waals surface area contributed by atoms with Crippen molar-refractivity contribution in [3.05, 3.63) is 191 Å². The van der Waals surface area contributed by atoms with Gasteiger partial charge in [0.2, 0.25) is 0 Å². The molecular formula is C52H34N2O. The maximum atomic E-state index is 13.8. The number of hydrogen-bond donors (Lipinski definition) is 0. The molecule has 8 aromatic carbocycles. The molecule has 3 heterocycles. The van der Waals surface area contributed by atoms with Crippen LogP contribution < -0.4 is 5.56 Å². The van der Waals surface area contributed by atoms with Gasteiger partial charge in [-0.3, -0.25) is 9.20 Å². The Bertz CT molecular complexity index is 3470. The summed E-state index contributed by atoms with van der Waals surface area (Å²) < 4.78 is 4.38. The highest BCUT2D eigenvalue weighted by Gasteiger charge is 2.37. The van der Waals surface area contributed by atoms with Crippen molar-refractivity contribution < 1.29 is 0 Å². The van der Waals surface area contributed by atoms with Crippen molar-refractivity contribution in [2.45, 2.75) is 19.3 Å². The predicted molar refractivity (Wildman–Crippen MR) is 230 cm³/mol. The topological polar surface area (TPSA) is 26.4 Å². The van der Waals surface area contributed by atoms with Crippen molar-refractivity contribution in [2.75, 3.05) is 0 Å². The molecule has 0 unspecified atom stereocenters. The third-order valence-electron chi connectivity index (χ3n) is 12.5. The molecule has 0 saturated carbocycles. The fourth-order valence-corrected chi connectivity index (χ4v) is 9.89. The molecule has 0 radical (unpaired) electrons. The molecule has 1 aliphatic carbocycles. The van der Waals surface area contributed by atoms with E-state index in [1.54, 1.807) is 0 Å². The second-order valence-electron chi connectivity index (χ2n) is 15.7. The summed E-state index contributed by atoms with van der Waals surface area (Å²) in [5.41, 5.74) is 15.6. The monoisotopic (exact) mass is 702 g/mol. The van der Waals surface area contributed by atoms with E-state index in [1.807, 2.05) is 22.6 Å². The zero-order valence-electron chi connectivity index (χ0n) is 30.5. The van der Waals surface area contributed by atoms with Gasteiger partial charge in [0.1, 0.15) is 0 Å². The number of fused-ring (bicyclic) bond motifs is 12. The lowest BCUT2D eigenvalue weighted by Crippen LogP contribution is -2.14. The normalized spacial score (nSPS) is 13.5. The van der Waals surface area contributed by atoms with E-state index in [9.17, 15) is 4.79 Å². The lowest BCUT2D eigenvalue weighted by Gasteiger charge is -2.21. The van der Waals surface area contributed by atoms with Crippen LogP contribution in [0, 0.1) is 0 Å². The Morgan fingerprint density at radius 3 is 1.87 bits per heavy atom. The van der Waals surface area contributed by atoms with E-state index in [2.05, 4.69) is 170 Å². The Morgan fingerprint density at radius 1 is 0.418 bits per heavy atom. The summed E-state index contributed by atoms with van der Waals surface area (Å²) in [5, 5.41) is 7.61. The minimum absolute atomic E-state index is 0.0337. The molecule has 3 heteroatoms. The van der Waals surface area contributed by atoms with Crippen molar-refractivity contribution >= 4 is 59.8 Å². The maximum Gasteiger partial charge on any atom is 0.263 e. The van der Waals surface area contributed by atoms with Crippen LogP contribution in [0.3, 0.4) is 0 Å². The van der Waals surface area contributed by atoms with Crippen LogP contribution in [0.5, 0.6) is 0 Å². The molecule has 0 saturated heterocycles. The van der Waals surface area contributed by atoms with Crippen LogP contribution in [-0.2, 0) is 5.41 Å². The molecular weight excluding hydrogens is 669 g/mol. The molecule has 11 aromatic rings. The van der Waals surface area contributed by atoms with Crippen LogP contribution >= 0.6 is 0 Å². The van der Waals surface area contributed by atoms with Crippen LogP contribution in [0.4, 0.5) is 0 Å². The Morgan fingerprint density at radius 2 is 1.04 bits per heavy atom. The van der Waals surface area contributed by atoms with Crippen molar-refractivity contribution in [2.24, 2.45) is 0 Å². The lowest BCUT2D eigenvalue weighted by molar-refractivity contribution is 0.661. The first-order chi connectivity index (χ1) is 27.0. The summed E-state index contributed by atoms with van der Waals surface area (Å²) in [7, 11) is 0. The molecule has 0 spiro atoms. The lowest BCUT2D eigenvalue weighted by atomic mass is 9.82. The van der Waals surface area contributed by atoms with Crippen LogP contribution in [0.25, 0.3) is 98.8 Å². The van der Waals surface area contributed by atoms with Gasteiger partial charge in [0.15, 0.2) is 0 Å². The first-order valence-electron chi connectivity index (χ1n) is 19.1. The minimum Gasteiger partial charge on any atom is -0.309 e. The Kier molecular flexibility index (Phi) is 5.99. The third kappa shape index (κ3) is 4.02. The fourth-order valence-electron chi connectivity index (χ4n) is 9.89. The summed E-state index contributed by atoms with van der Waals surface area (Å²) in [6, 6.07) is 61.1. The van der Waals surface area contributed by atoms with E-state index in [1.165, 1.54) is 49.6 Å². The summed E-state index contributed by atoms with van der Waals surface area (Å²) in [5.74, 6) is 0. The van der Waals surface area contributed by atoms with E-state index in [-0.39, 0.29) is 11.0 Å². The van der Waals surface area contributed by atoms with Gasteiger partial charge in [-0.15, -0.1) is 0 Å². The average Bonchev–Trinajstić information content (AvgIpc) is 3.84. The standard InChI is InChI=1S/C52H34N2O/c1-52(2)44-19-7-5-16-42(44)48-45(52)27-26-40-37-14-6-8-20-46(37)53(50(40)48)35-24-21-31(22-25-35)32-11-9-12-33(29-32)34-23-28-47-43(30-34)39-18-10-17-38-36-13-3-4-15-41(36)51(55)54(47)49(38)39/h3-30H,1-2H3. The summed E-state index contributed by atoms with van der Waals surface area (Å²) in [6.07, 6.45) is 0. The van der Waals surface area contributed by atoms with Gasteiger partial charge < -0.3 is 4.57 Å². The molecule has 0 N–H and O–H groups in total. The van der Waals surface area contributed by atoms with Gasteiger partial charge in [0, 0.05) is 49.0 Å². The Hall–Kier alpha value is -6.97. The summed E-state index contributed by atoms with van der Waals surface area (Å²) in [6.45, 7) is 4.70. The largest absolute Gasteiger partial charge is 0.309 e. The van der Waals surface area contributed by atoms with Crippen molar-refractivity contribution in [3.63, 3.8) is 0 Å². The third-order valence-corrected chi connectivity index (χ3v) is 12.5. The van der Waals surface area contributed by atoms with Crippen LogP contribution in [0.15, 0.2) is 175 Å². The van der Waals surface area contributed by atoms with E-state index < -0.39 is 0 Å². The van der Waals surface area contributed by atoms with Gasteiger partial charge >= 0.3 is 0 Å². The molecule has 0 fully saturated rings. The highest BCUT2D eigenvalue weighted by atomic mass is 16.1.